The molecule has 1 N–H and O–H groups in total. The zero-order valence-corrected chi connectivity index (χ0v) is 12.7. The Hall–Kier alpha value is -1.42. The minimum atomic E-state index is -0.658. The Morgan fingerprint density at radius 2 is 1.95 bits per heavy atom. The zero-order valence-electron chi connectivity index (χ0n) is 12.0. The minimum absolute atomic E-state index is 0.323. The first-order valence-electron chi connectivity index (χ1n) is 6.92. The maximum absolute atomic E-state index is 13.1. The highest BCUT2D eigenvalue weighted by atomic mass is 35.5. The lowest BCUT2D eigenvalue weighted by Crippen LogP contribution is -2.21. The lowest BCUT2D eigenvalue weighted by molar-refractivity contribution is 0.147. The number of nitrogens with zero attached hydrogens (tertiary/aromatic N) is 1. The normalized spacial score (nSPS) is 12.6. The molecular weight excluding hydrogens is 289 g/mol. The fourth-order valence-corrected chi connectivity index (χ4v) is 2.42. The highest BCUT2D eigenvalue weighted by Gasteiger charge is 2.10. The summed E-state index contributed by atoms with van der Waals surface area (Å²) in [5.74, 6) is -0.323. The molecule has 0 bridgehead atoms. The summed E-state index contributed by atoms with van der Waals surface area (Å²) in [6.45, 7) is 1.42. The summed E-state index contributed by atoms with van der Waals surface area (Å²) >= 11 is 6.13. The van der Waals surface area contributed by atoms with E-state index < -0.39 is 6.10 Å². The molecule has 0 aromatic heterocycles. The van der Waals surface area contributed by atoms with Gasteiger partial charge in [0, 0.05) is 18.1 Å². The second kappa shape index (κ2) is 7.55. The van der Waals surface area contributed by atoms with Crippen LogP contribution in [0.15, 0.2) is 48.5 Å². The van der Waals surface area contributed by atoms with Crippen molar-refractivity contribution in [2.24, 2.45) is 0 Å². The molecule has 0 aliphatic rings. The summed E-state index contributed by atoms with van der Waals surface area (Å²) in [6, 6.07) is 13.8. The summed E-state index contributed by atoms with van der Waals surface area (Å²) in [5.41, 5.74) is 1.67. The average Bonchev–Trinajstić information content (AvgIpc) is 2.47. The average molecular weight is 308 g/mol. The molecule has 0 radical (unpaired) electrons. The first-order valence-corrected chi connectivity index (χ1v) is 7.29. The third-order valence-corrected chi connectivity index (χ3v) is 3.78. The Bertz CT molecular complexity index is 591. The molecule has 2 aromatic rings. The van der Waals surface area contributed by atoms with Crippen LogP contribution in [0.3, 0.4) is 0 Å². The third-order valence-electron chi connectivity index (χ3n) is 3.42. The van der Waals surface area contributed by atoms with Crippen molar-refractivity contribution in [3.05, 3.63) is 70.5 Å². The van der Waals surface area contributed by atoms with Gasteiger partial charge in [0.2, 0.25) is 0 Å². The standard InChI is InChI=1S/C17H19ClFNO/c1-20(12-14-5-2-3-8-16(14)18)10-9-17(21)13-6-4-7-15(19)11-13/h2-8,11,17,21H,9-10,12H2,1H3. The summed E-state index contributed by atoms with van der Waals surface area (Å²) in [5, 5.41) is 10.8. The fourth-order valence-electron chi connectivity index (χ4n) is 2.22. The van der Waals surface area contributed by atoms with Crippen LogP contribution in [0.2, 0.25) is 5.02 Å². The highest BCUT2D eigenvalue weighted by Crippen LogP contribution is 2.20. The summed E-state index contributed by atoms with van der Waals surface area (Å²) in [6.07, 6.45) is -0.112. The first-order chi connectivity index (χ1) is 10.1. The van der Waals surface area contributed by atoms with E-state index in [1.807, 2.05) is 31.3 Å². The molecule has 1 atom stereocenters. The highest BCUT2D eigenvalue weighted by molar-refractivity contribution is 6.31. The van der Waals surface area contributed by atoms with Gasteiger partial charge in [-0.2, -0.15) is 0 Å². The largest absolute Gasteiger partial charge is 0.388 e. The second-order valence-corrected chi connectivity index (χ2v) is 5.60. The predicted octanol–water partition coefficient (Wildman–Crippen LogP) is 4.03. The molecule has 0 fully saturated rings. The lowest BCUT2D eigenvalue weighted by Gasteiger charge is -2.19. The van der Waals surface area contributed by atoms with Crippen molar-refractivity contribution in [1.82, 2.24) is 4.90 Å². The van der Waals surface area contributed by atoms with E-state index in [1.165, 1.54) is 12.1 Å². The molecule has 0 heterocycles. The van der Waals surface area contributed by atoms with Crippen LogP contribution in [0.25, 0.3) is 0 Å². The van der Waals surface area contributed by atoms with Crippen molar-refractivity contribution < 1.29 is 9.50 Å². The number of aliphatic hydroxyl groups is 1. The van der Waals surface area contributed by atoms with Crippen LogP contribution in [0.5, 0.6) is 0 Å². The summed E-state index contributed by atoms with van der Waals surface area (Å²) < 4.78 is 13.1. The number of halogens is 2. The van der Waals surface area contributed by atoms with Gasteiger partial charge in [-0.05, 0) is 42.8 Å². The topological polar surface area (TPSA) is 23.5 Å². The van der Waals surface area contributed by atoms with E-state index >= 15 is 0 Å². The molecule has 2 rings (SSSR count). The maximum Gasteiger partial charge on any atom is 0.123 e. The van der Waals surface area contributed by atoms with Crippen LogP contribution >= 0.6 is 11.6 Å². The molecule has 0 aliphatic carbocycles. The van der Waals surface area contributed by atoms with Gasteiger partial charge < -0.3 is 10.0 Å². The Balaban J connectivity index is 1.86. The molecule has 0 aliphatic heterocycles. The van der Waals surface area contributed by atoms with Gasteiger partial charge in [0.05, 0.1) is 6.10 Å². The smallest absolute Gasteiger partial charge is 0.123 e. The van der Waals surface area contributed by atoms with Crippen LogP contribution in [-0.4, -0.2) is 23.6 Å². The molecule has 1 unspecified atom stereocenters. The van der Waals surface area contributed by atoms with E-state index in [0.717, 1.165) is 17.1 Å². The number of rotatable bonds is 6. The molecule has 0 spiro atoms. The van der Waals surface area contributed by atoms with Gasteiger partial charge >= 0.3 is 0 Å². The fraction of sp³-hybridized carbons (Fsp3) is 0.294. The molecule has 0 amide bonds. The molecule has 0 saturated heterocycles. The van der Waals surface area contributed by atoms with Crippen molar-refractivity contribution in [1.29, 1.82) is 0 Å². The molecule has 21 heavy (non-hydrogen) atoms. The Labute approximate surface area is 129 Å². The van der Waals surface area contributed by atoms with E-state index in [1.54, 1.807) is 12.1 Å². The SMILES string of the molecule is CN(CCC(O)c1cccc(F)c1)Cc1ccccc1Cl. The van der Waals surface area contributed by atoms with Crippen molar-refractivity contribution in [3.63, 3.8) is 0 Å². The number of benzene rings is 2. The van der Waals surface area contributed by atoms with Gasteiger partial charge in [-0.3, -0.25) is 0 Å². The lowest BCUT2D eigenvalue weighted by atomic mass is 10.1. The monoisotopic (exact) mass is 307 g/mol. The van der Waals surface area contributed by atoms with E-state index in [4.69, 9.17) is 11.6 Å². The molecule has 2 nitrogen and oxygen atoms in total. The van der Waals surface area contributed by atoms with Crippen molar-refractivity contribution >= 4 is 11.6 Å². The van der Waals surface area contributed by atoms with Gasteiger partial charge in [-0.25, -0.2) is 4.39 Å². The molecular formula is C17H19ClFNO. The van der Waals surface area contributed by atoms with Crippen LogP contribution in [0, 0.1) is 5.82 Å². The first kappa shape index (κ1) is 16.0. The molecule has 2 aromatic carbocycles. The quantitative estimate of drug-likeness (QED) is 0.871. The molecule has 112 valence electrons. The maximum atomic E-state index is 13.1. The van der Waals surface area contributed by atoms with Gasteiger partial charge in [-0.15, -0.1) is 0 Å². The van der Waals surface area contributed by atoms with Crippen LogP contribution < -0.4 is 0 Å². The van der Waals surface area contributed by atoms with Crippen LogP contribution in [0.1, 0.15) is 23.7 Å². The van der Waals surface area contributed by atoms with E-state index in [2.05, 4.69) is 4.90 Å². The summed E-state index contributed by atoms with van der Waals surface area (Å²) in [4.78, 5) is 2.09. The predicted molar refractivity (Wildman–Crippen MR) is 83.8 cm³/mol. The summed E-state index contributed by atoms with van der Waals surface area (Å²) in [7, 11) is 1.97. The van der Waals surface area contributed by atoms with E-state index in [-0.39, 0.29) is 5.82 Å². The Morgan fingerprint density at radius 3 is 2.67 bits per heavy atom. The van der Waals surface area contributed by atoms with Gasteiger partial charge in [0.15, 0.2) is 0 Å². The number of hydrogen-bond acceptors (Lipinski definition) is 2. The van der Waals surface area contributed by atoms with E-state index in [9.17, 15) is 9.50 Å². The number of aliphatic hydroxyl groups excluding tert-OH is 1. The van der Waals surface area contributed by atoms with Gasteiger partial charge in [0.1, 0.15) is 5.82 Å². The zero-order chi connectivity index (χ0) is 15.2. The van der Waals surface area contributed by atoms with Gasteiger partial charge in [0.25, 0.3) is 0 Å². The van der Waals surface area contributed by atoms with Gasteiger partial charge in [-0.1, -0.05) is 41.9 Å². The second-order valence-electron chi connectivity index (χ2n) is 5.19. The third kappa shape index (κ3) is 4.81. The number of hydrogen-bond donors (Lipinski definition) is 1. The van der Waals surface area contributed by atoms with Crippen molar-refractivity contribution in [3.8, 4) is 0 Å². The van der Waals surface area contributed by atoms with Crippen molar-refractivity contribution in [2.75, 3.05) is 13.6 Å². The van der Waals surface area contributed by atoms with Crippen molar-refractivity contribution in [2.45, 2.75) is 19.1 Å². The Morgan fingerprint density at radius 1 is 1.19 bits per heavy atom. The Kier molecular flexibility index (Phi) is 5.74. The minimum Gasteiger partial charge on any atom is -0.388 e. The van der Waals surface area contributed by atoms with Crippen LogP contribution in [-0.2, 0) is 6.54 Å². The van der Waals surface area contributed by atoms with Crippen LogP contribution in [0.4, 0.5) is 4.39 Å². The molecule has 0 saturated carbocycles. The molecule has 4 heteroatoms. The van der Waals surface area contributed by atoms with E-state index in [0.29, 0.717) is 18.5 Å².